The molecule has 1 aromatic heterocycles. The first-order chi connectivity index (χ1) is 10.2. The van der Waals surface area contributed by atoms with Crippen LogP contribution in [0.5, 0.6) is 0 Å². The molecule has 0 unspecified atom stereocenters. The summed E-state index contributed by atoms with van der Waals surface area (Å²) in [5, 5.41) is 7.10. The van der Waals surface area contributed by atoms with Crippen LogP contribution >= 0.6 is 0 Å². The molecule has 1 amide bonds. The first kappa shape index (κ1) is 15.3. The predicted molar refractivity (Wildman–Crippen MR) is 83.9 cm³/mol. The third-order valence-electron chi connectivity index (χ3n) is 3.51. The van der Waals surface area contributed by atoms with Gasteiger partial charge < -0.3 is 5.32 Å². The Hall–Kier alpha value is -2.14. The van der Waals surface area contributed by atoms with E-state index in [9.17, 15) is 4.79 Å². The number of benzene rings is 1. The quantitative estimate of drug-likeness (QED) is 0.887. The van der Waals surface area contributed by atoms with Crippen molar-refractivity contribution in [3.8, 4) is 0 Å². The second-order valence-electron chi connectivity index (χ2n) is 4.90. The average molecular weight is 286 g/mol. The number of hydrogen-bond acceptors (Lipinski definition) is 3. The van der Waals surface area contributed by atoms with Crippen LogP contribution in [-0.4, -0.2) is 33.7 Å². The SMILES string of the molecule is CCN(CC)[C@@H](C(=O)Nc1ccn(C)n1)c1ccccc1. The minimum absolute atomic E-state index is 0.0522. The second kappa shape index (κ2) is 7.04. The average Bonchev–Trinajstić information content (AvgIpc) is 2.90. The standard InChI is InChI=1S/C16H22N4O/c1-4-20(5-2)15(13-9-7-6-8-10-13)16(21)17-14-11-12-19(3)18-14/h6-12,15H,4-5H2,1-3H3,(H,17,18,21)/t15-/m1/s1. The molecule has 0 radical (unpaired) electrons. The fourth-order valence-corrected chi connectivity index (χ4v) is 2.43. The lowest BCUT2D eigenvalue weighted by molar-refractivity contribution is -0.121. The predicted octanol–water partition coefficient (Wildman–Crippen LogP) is 2.44. The Morgan fingerprint density at radius 2 is 1.90 bits per heavy atom. The van der Waals surface area contributed by atoms with Crippen LogP contribution in [0, 0.1) is 0 Å². The van der Waals surface area contributed by atoms with Crippen LogP contribution in [0.15, 0.2) is 42.6 Å². The topological polar surface area (TPSA) is 50.2 Å². The van der Waals surface area contributed by atoms with Crippen LogP contribution in [0.1, 0.15) is 25.5 Å². The van der Waals surface area contributed by atoms with E-state index in [1.54, 1.807) is 10.7 Å². The number of nitrogens with one attached hydrogen (secondary N) is 1. The molecule has 21 heavy (non-hydrogen) atoms. The number of anilines is 1. The van der Waals surface area contributed by atoms with Crippen molar-refractivity contribution in [2.75, 3.05) is 18.4 Å². The first-order valence-electron chi connectivity index (χ1n) is 7.25. The van der Waals surface area contributed by atoms with E-state index in [0.29, 0.717) is 5.82 Å². The van der Waals surface area contributed by atoms with Gasteiger partial charge in [0.25, 0.3) is 0 Å². The van der Waals surface area contributed by atoms with Gasteiger partial charge in [-0.3, -0.25) is 14.4 Å². The van der Waals surface area contributed by atoms with Crippen LogP contribution < -0.4 is 5.32 Å². The third kappa shape index (κ3) is 3.70. The summed E-state index contributed by atoms with van der Waals surface area (Å²) in [4.78, 5) is 14.8. The highest BCUT2D eigenvalue weighted by atomic mass is 16.2. The molecule has 1 aromatic carbocycles. The van der Waals surface area contributed by atoms with Crippen molar-refractivity contribution in [1.29, 1.82) is 0 Å². The molecule has 0 spiro atoms. The van der Waals surface area contributed by atoms with E-state index in [-0.39, 0.29) is 11.9 Å². The maximum absolute atomic E-state index is 12.7. The summed E-state index contributed by atoms with van der Waals surface area (Å²) in [5.41, 5.74) is 0.995. The van der Waals surface area contributed by atoms with E-state index in [0.717, 1.165) is 18.7 Å². The molecular weight excluding hydrogens is 264 g/mol. The Morgan fingerprint density at radius 1 is 1.24 bits per heavy atom. The van der Waals surface area contributed by atoms with Gasteiger partial charge in [0.2, 0.25) is 5.91 Å². The minimum atomic E-state index is -0.303. The normalized spacial score (nSPS) is 12.4. The number of carbonyl (C=O) groups is 1. The van der Waals surface area contributed by atoms with Crippen molar-refractivity contribution in [3.05, 3.63) is 48.2 Å². The van der Waals surface area contributed by atoms with Gasteiger partial charge in [0, 0.05) is 19.3 Å². The molecule has 0 aliphatic carbocycles. The van der Waals surface area contributed by atoms with Gasteiger partial charge in [-0.25, -0.2) is 0 Å². The molecule has 5 heteroatoms. The molecule has 0 fully saturated rings. The molecule has 0 saturated carbocycles. The van der Waals surface area contributed by atoms with Crippen molar-refractivity contribution in [3.63, 3.8) is 0 Å². The maximum Gasteiger partial charge on any atom is 0.247 e. The monoisotopic (exact) mass is 286 g/mol. The van der Waals surface area contributed by atoms with E-state index in [4.69, 9.17) is 0 Å². The van der Waals surface area contributed by atoms with Crippen LogP contribution in [0.4, 0.5) is 5.82 Å². The number of aromatic nitrogens is 2. The van der Waals surface area contributed by atoms with Gasteiger partial charge in [-0.1, -0.05) is 44.2 Å². The van der Waals surface area contributed by atoms with Gasteiger partial charge in [-0.2, -0.15) is 5.10 Å². The van der Waals surface area contributed by atoms with Gasteiger partial charge in [-0.05, 0) is 18.7 Å². The fourth-order valence-electron chi connectivity index (χ4n) is 2.43. The highest BCUT2D eigenvalue weighted by Crippen LogP contribution is 2.22. The smallest absolute Gasteiger partial charge is 0.247 e. The van der Waals surface area contributed by atoms with Gasteiger partial charge in [0.15, 0.2) is 5.82 Å². The molecule has 2 rings (SSSR count). The summed E-state index contributed by atoms with van der Waals surface area (Å²) in [5.74, 6) is 0.527. The Bertz CT molecular complexity index is 575. The third-order valence-corrected chi connectivity index (χ3v) is 3.51. The Balaban J connectivity index is 2.24. The molecule has 112 valence electrons. The summed E-state index contributed by atoms with van der Waals surface area (Å²) in [6, 6.07) is 11.3. The number of hydrogen-bond donors (Lipinski definition) is 1. The van der Waals surface area contributed by atoms with Crippen molar-refractivity contribution in [2.24, 2.45) is 7.05 Å². The van der Waals surface area contributed by atoms with Crippen LogP contribution in [0.3, 0.4) is 0 Å². The van der Waals surface area contributed by atoms with Crippen molar-refractivity contribution in [2.45, 2.75) is 19.9 Å². The van der Waals surface area contributed by atoms with E-state index < -0.39 is 0 Å². The lowest BCUT2D eigenvalue weighted by atomic mass is 10.0. The lowest BCUT2D eigenvalue weighted by Crippen LogP contribution is -2.37. The van der Waals surface area contributed by atoms with Crippen molar-refractivity contribution >= 4 is 11.7 Å². The first-order valence-corrected chi connectivity index (χ1v) is 7.25. The molecule has 0 aliphatic rings. The van der Waals surface area contributed by atoms with E-state index in [2.05, 4.69) is 29.2 Å². The number of likely N-dealkylation sites (N-methyl/N-ethyl adjacent to an activating group) is 1. The molecule has 1 atom stereocenters. The second-order valence-corrected chi connectivity index (χ2v) is 4.90. The van der Waals surface area contributed by atoms with E-state index >= 15 is 0 Å². The Morgan fingerprint density at radius 3 is 2.43 bits per heavy atom. The largest absolute Gasteiger partial charge is 0.308 e. The molecule has 5 nitrogen and oxygen atoms in total. The number of nitrogens with zero attached hydrogens (tertiary/aromatic N) is 3. The Labute approximate surface area is 125 Å². The van der Waals surface area contributed by atoms with Gasteiger partial charge in [0.05, 0.1) is 0 Å². The summed E-state index contributed by atoms with van der Waals surface area (Å²) in [7, 11) is 1.83. The molecule has 0 aliphatic heterocycles. The zero-order valence-corrected chi connectivity index (χ0v) is 12.8. The highest BCUT2D eigenvalue weighted by Gasteiger charge is 2.26. The van der Waals surface area contributed by atoms with Crippen LogP contribution in [0.2, 0.25) is 0 Å². The molecule has 0 saturated heterocycles. The fraction of sp³-hybridized carbons (Fsp3) is 0.375. The van der Waals surface area contributed by atoms with Crippen LogP contribution in [0.25, 0.3) is 0 Å². The van der Waals surface area contributed by atoms with Gasteiger partial charge in [-0.15, -0.1) is 0 Å². The van der Waals surface area contributed by atoms with E-state index in [1.165, 1.54) is 0 Å². The molecule has 0 bridgehead atoms. The van der Waals surface area contributed by atoms with Crippen LogP contribution in [-0.2, 0) is 11.8 Å². The summed E-state index contributed by atoms with van der Waals surface area (Å²) in [6.07, 6.45) is 1.81. The summed E-state index contributed by atoms with van der Waals surface area (Å²) >= 11 is 0. The summed E-state index contributed by atoms with van der Waals surface area (Å²) < 4.78 is 1.67. The summed E-state index contributed by atoms with van der Waals surface area (Å²) in [6.45, 7) is 5.75. The highest BCUT2D eigenvalue weighted by molar-refractivity contribution is 5.94. The maximum atomic E-state index is 12.7. The minimum Gasteiger partial charge on any atom is -0.308 e. The van der Waals surface area contributed by atoms with Gasteiger partial charge in [0.1, 0.15) is 6.04 Å². The number of aryl methyl sites for hydroxylation is 1. The van der Waals surface area contributed by atoms with Crippen molar-refractivity contribution < 1.29 is 4.79 Å². The van der Waals surface area contributed by atoms with Gasteiger partial charge >= 0.3 is 0 Å². The van der Waals surface area contributed by atoms with E-state index in [1.807, 2.05) is 43.6 Å². The molecule has 1 N–H and O–H groups in total. The molecular formula is C16H22N4O. The number of amides is 1. The molecule has 1 heterocycles. The zero-order valence-electron chi connectivity index (χ0n) is 12.8. The zero-order chi connectivity index (χ0) is 15.2. The number of rotatable bonds is 6. The Kier molecular flexibility index (Phi) is 5.11. The molecule has 2 aromatic rings. The lowest BCUT2D eigenvalue weighted by Gasteiger charge is -2.28. The van der Waals surface area contributed by atoms with Crippen molar-refractivity contribution in [1.82, 2.24) is 14.7 Å². The number of carbonyl (C=O) groups excluding carboxylic acids is 1.